The third-order valence-corrected chi connectivity index (χ3v) is 3.69. The third-order valence-electron chi connectivity index (χ3n) is 2.79. The molecule has 0 spiro atoms. The first-order chi connectivity index (χ1) is 9.77. The summed E-state index contributed by atoms with van der Waals surface area (Å²) in [4.78, 5) is 26.7. The van der Waals surface area contributed by atoms with Crippen LogP contribution in [-0.2, 0) is 4.79 Å². The lowest BCUT2D eigenvalue weighted by molar-refractivity contribution is -0.123. The number of benzene rings is 1. The minimum absolute atomic E-state index is 0.0418. The van der Waals surface area contributed by atoms with Gasteiger partial charge in [0.05, 0.1) is 0 Å². The Morgan fingerprint density at radius 2 is 1.81 bits per heavy atom. The average Bonchev–Trinajstić information content (AvgIpc) is 2.88. The van der Waals surface area contributed by atoms with E-state index >= 15 is 0 Å². The summed E-state index contributed by atoms with van der Waals surface area (Å²) in [5, 5.41) is 13.8. The third kappa shape index (κ3) is 3.66. The number of aromatic carboxylic acids is 1. The van der Waals surface area contributed by atoms with Gasteiger partial charge in [-0.05, 0) is 24.3 Å². The standard InChI is InChI=1S/C15H16N2O3S/c1-15(2,3)14(20)16-10-6-4-9(5-7-10)12-17-11(8-21-12)13(18)19/h4-8H,1-3H3,(H,16,20)(H,18,19). The Labute approximate surface area is 126 Å². The Hall–Kier alpha value is -2.21. The van der Waals surface area contributed by atoms with E-state index in [2.05, 4.69) is 10.3 Å². The molecule has 0 aliphatic carbocycles. The first kappa shape index (κ1) is 15.2. The number of amides is 1. The number of carboxylic acid groups (broad SMARTS) is 1. The maximum atomic E-state index is 11.9. The zero-order chi connectivity index (χ0) is 15.6. The van der Waals surface area contributed by atoms with Crippen LogP contribution < -0.4 is 5.32 Å². The minimum Gasteiger partial charge on any atom is -0.476 e. The summed E-state index contributed by atoms with van der Waals surface area (Å²) >= 11 is 1.28. The van der Waals surface area contributed by atoms with E-state index in [-0.39, 0.29) is 11.6 Å². The summed E-state index contributed by atoms with van der Waals surface area (Å²) in [5.41, 5.74) is 1.11. The highest BCUT2D eigenvalue weighted by Crippen LogP contribution is 2.25. The molecule has 1 aromatic heterocycles. The van der Waals surface area contributed by atoms with Gasteiger partial charge in [0.15, 0.2) is 5.69 Å². The number of nitrogens with one attached hydrogen (secondary N) is 1. The fraction of sp³-hybridized carbons (Fsp3) is 0.267. The van der Waals surface area contributed by atoms with Gasteiger partial charge in [-0.2, -0.15) is 0 Å². The van der Waals surface area contributed by atoms with Gasteiger partial charge in [-0.25, -0.2) is 9.78 Å². The second kappa shape index (κ2) is 5.65. The maximum absolute atomic E-state index is 11.9. The number of thiazole rings is 1. The van der Waals surface area contributed by atoms with E-state index in [4.69, 9.17) is 5.11 Å². The molecule has 0 saturated heterocycles. The van der Waals surface area contributed by atoms with Gasteiger partial charge >= 0.3 is 5.97 Å². The SMILES string of the molecule is CC(C)(C)C(=O)Nc1ccc(-c2nc(C(=O)O)cs2)cc1. The largest absolute Gasteiger partial charge is 0.476 e. The van der Waals surface area contributed by atoms with E-state index in [1.165, 1.54) is 16.7 Å². The van der Waals surface area contributed by atoms with Crippen LogP contribution in [0, 0.1) is 5.41 Å². The average molecular weight is 304 g/mol. The zero-order valence-corrected chi connectivity index (χ0v) is 12.8. The summed E-state index contributed by atoms with van der Waals surface area (Å²) in [7, 11) is 0. The van der Waals surface area contributed by atoms with Crippen LogP contribution in [0.5, 0.6) is 0 Å². The lowest BCUT2D eigenvalue weighted by Gasteiger charge is -2.17. The summed E-state index contributed by atoms with van der Waals surface area (Å²) in [6.45, 7) is 5.54. The molecule has 0 fully saturated rings. The molecule has 6 heteroatoms. The molecule has 0 aliphatic heterocycles. The number of carboxylic acids is 1. The van der Waals surface area contributed by atoms with Gasteiger partial charge in [-0.1, -0.05) is 20.8 Å². The Morgan fingerprint density at radius 1 is 1.19 bits per heavy atom. The van der Waals surface area contributed by atoms with Gasteiger partial charge in [0, 0.05) is 22.0 Å². The first-order valence-corrected chi connectivity index (χ1v) is 7.26. The van der Waals surface area contributed by atoms with Crippen molar-refractivity contribution >= 4 is 28.9 Å². The number of hydrogen-bond acceptors (Lipinski definition) is 4. The van der Waals surface area contributed by atoms with E-state index in [0.29, 0.717) is 10.7 Å². The van der Waals surface area contributed by atoms with Gasteiger partial charge in [-0.15, -0.1) is 11.3 Å². The van der Waals surface area contributed by atoms with Crippen molar-refractivity contribution in [2.45, 2.75) is 20.8 Å². The lowest BCUT2D eigenvalue weighted by atomic mass is 9.95. The summed E-state index contributed by atoms with van der Waals surface area (Å²) < 4.78 is 0. The number of carbonyl (C=O) groups excluding carboxylic acids is 1. The predicted molar refractivity (Wildman–Crippen MR) is 82.6 cm³/mol. The molecular formula is C15H16N2O3S. The molecule has 0 atom stereocenters. The zero-order valence-electron chi connectivity index (χ0n) is 12.0. The van der Waals surface area contributed by atoms with E-state index in [0.717, 1.165) is 5.56 Å². The molecule has 2 rings (SSSR count). The molecule has 0 bridgehead atoms. The number of aromatic nitrogens is 1. The maximum Gasteiger partial charge on any atom is 0.355 e. The summed E-state index contributed by atoms with van der Waals surface area (Å²) in [5.74, 6) is -1.09. The Morgan fingerprint density at radius 3 is 2.29 bits per heavy atom. The Kier molecular flexibility index (Phi) is 4.09. The monoisotopic (exact) mass is 304 g/mol. The molecule has 1 aromatic carbocycles. The summed E-state index contributed by atoms with van der Waals surface area (Å²) in [6, 6.07) is 7.17. The van der Waals surface area contributed by atoms with Crippen LogP contribution in [0.15, 0.2) is 29.6 Å². The van der Waals surface area contributed by atoms with Gasteiger partial charge in [-0.3, -0.25) is 4.79 Å². The smallest absolute Gasteiger partial charge is 0.355 e. The molecule has 2 aromatic rings. The van der Waals surface area contributed by atoms with Crippen LogP contribution in [0.2, 0.25) is 0 Å². The molecule has 0 aliphatic rings. The van der Waals surface area contributed by atoms with Crippen molar-refractivity contribution in [2.24, 2.45) is 5.41 Å². The molecule has 0 saturated carbocycles. The van der Waals surface area contributed by atoms with Crippen LogP contribution in [0.25, 0.3) is 10.6 Å². The fourth-order valence-electron chi connectivity index (χ4n) is 1.52. The highest BCUT2D eigenvalue weighted by Gasteiger charge is 2.21. The number of rotatable bonds is 3. The lowest BCUT2D eigenvalue weighted by Crippen LogP contribution is -2.27. The van der Waals surface area contributed by atoms with Crippen molar-refractivity contribution in [3.63, 3.8) is 0 Å². The number of carbonyl (C=O) groups is 2. The summed E-state index contributed by atoms with van der Waals surface area (Å²) in [6.07, 6.45) is 0. The molecule has 110 valence electrons. The van der Waals surface area contributed by atoms with E-state index in [1.807, 2.05) is 32.9 Å². The minimum atomic E-state index is -1.04. The molecule has 0 radical (unpaired) electrons. The van der Waals surface area contributed by atoms with E-state index < -0.39 is 11.4 Å². The Bertz CT molecular complexity index is 669. The predicted octanol–water partition coefficient (Wildman–Crippen LogP) is 3.49. The van der Waals surface area contributed by atoms with Crippen molar-refractivity contribution < 1.29 is 14.7 Å². The van der Waals surface area contributed by atoms with Crippen LogP contribution in [0.3, 0.4) is 0 Å². The van der Waals surface area contributed by atoms with Gasteiger partial charge in [0.25, 0.3) is 0 Å². The molecule has 2 N–H and O–H groups in total. The quantitative estimate of drug-likeness (QED) is 0.909. The molecular weight excluding hydrogens is 288 g/mol. The molecule has 1 amide bonds. The van der Waals surface area contributed by atoms with Gasteiger partial charge in [0.1, 0.15) is 5.01 Å². The van der Waals surface area contributed by atoms with Gasteiger partial charge in [0.2, 0.25) is 5.91 Å². The highest BCUT2D eigenvalue weighted by atomic mass is 32.1. The first-order valence-electron chi connectivity index (χ1n) is 6.38. The molecule has 1 heterocycles. The molecule has 0 unspecified atom stereocenters. The Balaban J connectivity index is 2.15. The normalized spacial score (nSPS) is 11.2. The van der Waals surface area contributed by atoms with Gasteiger partial charge < -0.3 is 10.4 Å². The van der Waals surface area contributed by atoms with E-state index in [1.54, 1.807) is 12.1 Å². The second-order valence-corrected chi connectivity index (χ2v) is 6.48. The number of anilines is 1. The molecule has 5 nitrogen and oxygen atoms in total. The number of nitrogens with zero attached hydrogens (tertiary/aromatic N) is 1. The fourth-order valence-corrected chi connectivity index (χ4v) is 2.32. The van der Waals surface area contributed by atoms with Crippen LogP contribution in [0.4, 0.5) is 5.69 Å². The van der Waals surface area contributed by atoms with Crippen LogP contribution in [0.1, 0.15) is 31.3 Å². The van der Waals surface area contributed by atoms with Crippen LogP contribution in [-0.4, -0.2) is 22.0 Å². The number of hydrogen-bond donors (Lipinski definition) is 2. The van der Waals surface area contributed by atoms with Crippen molar-refractivity contribution in [3.05, 3.63) is 35.3 Å². The highest BCUT2D eigenvalue weighted by molar-refractivity contribution is 7.13. The van der Waals surface area contributed by atoms with Crippen molar-refractivity contribution in [1.29, 1.82) is 0 Å². The van der Waals surface area contributed by atoms with Crippen LogP contribution >= 0.6 is 11.3 Å². The van der Waals surface area contributed by atoms with Crippen molar-refractivity contribution in [3.8, 4) is 10.6 Å². The van der Waals surface area contributed by atoms with Crippen molar-refractivity contribution in [1.82, 2.24) is 4.98 Å². The topological polar surface area (TPSA) is 79.3 Å². The van der Waals surface area contributed by atoms with E-state index in [9.17, 15) is 9.59 Å². The molecule has 21 heavy (non-hydrogen) atoms. The van der Waals surface area contributed by atoms with Crippen molar-refractivity contribution in [2.75, 3.05) is 5.32 Å². The second-order valence-electron chi connectivity index (χ2n) is 5.62.